The lowest BCUT2D eigenvalue weighted by Gasteiger charge is -2.26. The van der Waals surface area contributed by atoms with Gasteiger partial charge in [0.2, 0.25) is 5.95 Å². The molecule has 2 heterocycles. The fraction of sp³-hybridized carbons (Fsp3) is 0.312. The number of nitrogens with zero attached hydrogens (tertiary/aromatic N) is 3. The number of rotatable bonds is 4. The van der Waals surface area contributed by atoms with Gasteiger partial charge in [-0.15, -0.1) is 0 Å². The predicted molar refractivity (Wildman–Crippen MR) is 86.0 cm³/mol. The van der Waals surface area contributed by atoms with E-state index in [1.807, 2.05) is 0 Å². The predicted octanol–water partition coefficient (Wildman–Crippen LogP) is 1.57. The Balaban J connectivity index is 1.66. The Labute approximate surface area is 134 Å². The fourth-order valence-electron chi connectivity index (χ4n) is 2.28. The minimum absolute atomic E-state index is 0.230. The third-order valence-corrected chi connectivity index (χ3v) is 3.52. The molecule has 1 N–H and O–H groups in total. The summed E-state index contributed by atoms with van der Waals surface area (Å²) < 4.78 is 10.4. The Morgan fingerprint density at radius 3 is 2.70 bits per heavy atom. The molecule has 7 nitrogen and oxygen atoms in total. The van der Waals surface area contributed by atoms with E-state index in [1.165, 1.54) is 0 Å². The molecule has 1 aliphatic heterocycles. The summed E-state index contributed by atoms with van der Waals surface area (Å²) in [6, 6.07) is 6.96. The van der Waals surface area contributed by atoms with Crippen molar-refractivity contribution in [1.82, 2.24) is 9.97 Å². The van der Waals surface area contributed by atoms with Crippen LogP contribution in [0.1, 0.15) is 10.4 Å². The molecule has 0 radical (unpaired) electrons. The number of ether oxygens (including phenoxy) is 2. The van der Waals surface area contributed by atoms with Crippen LogP contribution in [0.15, 0.2) is 36.7 Å². The molecule has 1 saturated heterocycles. The summed E-state index contributed by atoms with van der Waals surface area (Å²) >= 11 is 0. The molecule has 7 heteroatoms. The van der Waals surface area contributed by atoms with Crippen molar-refractivity contribution < 1.29 is 14.3 Å². The maximum absolute atomic E-state index is 12.2. The van der Waals surface area contributed by atoms with Crippen LogP contribution in [0.3, 0.4) is 0 Å². The van der Waals surface area contributed by atoms with Crippen LogP contribution in [0.5, 0.6) is 5.75 Å². The number of amides is 1. The Kier molecular flexibility index (Phi) is 4.68. The average molecular weight is 314 g/mol. The molecule has 1 aromatic heterocycles. The maximum atomic E-state index is 12.2. The molecule has 1 amide bonds. The topological polar surface area (TPSA) is 76.6 Å². The molecule has 23 heavy (non-hydrogen) atoms. The minimum atomic E-state index is -0.230. The number of methoxy groups -OCH3 is 1. The van der Waals surface area contributed by atoms with E-state index >= 15 is 0 Å². The number of anilines is 2. The molecule has 2 aromatic rings. The van der Waals surface area contributed by atoms with Crippen molar-refractivity contribution in [2.45, 2.75) is 0 Å². The Morgan fingerprint density at radius 2 is 2.00 bits per heavy atom. The number of morpholine rings is 1. The number of carbonyl (C=O) groups is 1. The third-order valence-electron chi connectivity index (χ3n) is 3.52. The molecule has 0 saturated carbocycles. The summed E-state index contributed by atoms with van der Waals surface area (Å²) in [4.78, 5) is 22.9. The molecule has 3 rings (SSSR count). The van der Waals surface area contributed by atoms with Crippen molar-refractivity contribution in [2.24, 2.45) is 0 Å². The zero-order valence-corrected chi connectivity index (χ0v) is 12.9. The summed E-state index contributed by atoms with van der Waals surface area (Å²) in [5, 5.41) is 2.78. The molecular formula is C16H18N4O3. The number of hydrogen-bond donors (Lipinski definition) is 1. The summed E-state index contributed by atoms with van der Waals surface area (Å²) in [7, 11) is 1.56. The zero-order chi connectivity index (χ0) is 16.1. The standard InChI is InChI=1S/C16H18N4O3/c1-22-14-4-2-3-12(9-14)15(21)19-13-10-17-16(18-11-13)20-5-7-23-8-6-20/h2-4,9-11H,5-8H2,1H3,(H,19,21). The number of nitrogens with one attached hydrogen (secondary N) is 1. The molecule has 0 spiro atoms. The van der Waals surface area contributed by atoms with Crippen LogP contribution >= 0.6 is 0 Å². The second-order valence-corrected chi connectivity index (χ2v) is 5.06. The number of benzene rings is 1. The van der Waals surface area contributed by atoms with Gasteiger partial charge in [-0.3, -0.25) is 4.79 Å². The largest absolute Gasteiger partial charge is 0.497 e. The summed E-state index contributed by atoms with van der Waals surface area (Å²) in [6.45, 7) is 2.90. The first-order chi connectivity index (χ1) is 11.3. The lowest BCUT2D eigenvalue weighted by atomic mass is 10.2. The van der Waals surface area contributed by atoms with Gasteiger partial charge < -0.3 is 19.7 Å². The first-order valence-corrected chi connectivity index (χ1v) is 7.36. The molecular weight excluding hydrogens is 296 g/mol. The van der Waals surface area contributed by atoms with Crippen LogP contribution in [0.2, 0.25) is 0 Å². The van der Waals surface area contributed by atoms with E-state index in [9.17, 15) is 4.79 Å². The molecule has 120 valence electrons. The van der Waals surface area contributed by atoms with E-state index in [0.29, 0.717) is 36.2 Å². The van der Waals surface area contributed by atoms with Gasteiger partial charge in [0, 0.05) is 18.7 Å². The smallest absolute Gasteiger partial charge is 0.255 e. The zero-order valence-electron chi connectivity index (χ0n) is 12.9. The molecule has 1 aliphatic rings. The normalized spacial score (nSPS) is 14.4. The summed E-state index contributed by atoms with van der Waals surface area (Å²) in [5.41, 5.74) is 1.07. The number of aromatic nitrogens is 2. The fourth-order valence-corrected chi connectivity index (χ4v) is 2.28. The van der Waals surface area contributed by atoms with Crippen molar-refractivity contribution in [3.63, 3.8) is 0 Å². The van der Waals surface area contributed by atoms with Crippen LogP contribution in [0.4, 0.5) is 11.6 Å². The van der Waals surface area contributed by atoms with E-state index in [0.717, 1.165) is 13.1 Å². The van der Waals surface area contributed by atoms with Gasteiger partial charge in [-0.1, -0.05) is 6.07 Å². The maximum Gasteiger partial charge on any atom is 0.255 e. The monoisotopic (exact) mass is 314 g/mol. The summed E-state index contributed by atoms with van der Waals surface area (Å²) in [5.74, 6) is 1.05. The van der Waals surface area contributed by atoms with Crippen molar-refractivity contribution in [3.05, 3.63) is 42.2 Å². The molecule has 1 aromatic carbocycles. The van der Waals surface area contributed by atoms with Gasteiger partial charge in [0.1, 0.15) is 5.75 Å². The van der Waals surface area contributed by atoms with E-state index in [-0.39, 0.29) is 5.91 Å². The molecule has 0 aliphatic carbocycles. The van der Waals surface area contributed by atoms with Crippen molar-refractivity contribution in [2.75, 3.05) is 43.6 Å². The number of hydrogen-bond acceptors (Lipinski definition) is 6. The Morgan fingerprint density at radius 1 is 1.26 bits per heavy atom. The van der Waals surface area contributed by atoms with Crippen LogP contribution in [-0.4, -0.2) is 49.3 Å². The highest BCUT2D eigenvalue weighted by molar-refractivity contribution is 6.04. The molecule has 1 fully saturated rings. The van der Waals surface area contributed by atoms with Crippen molar-refractivity contribution >= 4 is 17.5 Å². The van der Waals surface area contributed by atoms with Crippen LogP contribution in [0, 0.1) is 0 Å². The van der Waals surface area contributed by atoms with E-state index in [2.05, 4.69) is 20.2 Å². The van der Waals surface area contributed by atoms with Crippen LogP contribution < -0.4 is 15.0 Å². The van der Waals surface area contributed by atoms with Gasteiger partial charge >= 0.3 is 0 Å². The highest BCUT2D eigenvalue weighted by Crippen LogP contribution is 2.15. The van der Waals surface area contributed by atoms with E-state index < -0.39 is 0 Å². The van der Waals surface area contributed by atoms with Crippen molar-refractivity contribution in [3.8, 4) is 5.75 Å². The highest BCUT2D eigenvalue weighted by atomic mass is 16.5. The first kappa shape index (κ1) is 15.2. The van der Waals surface area contributed by atoms with Gasteiger partial charge in [-0.05, 0) is 18.2 Å². The second kappa shape index (κ2) is 7.06. The molecule has 0 atom stereocenters. The van der Waals surface area contributed by atoms with Gasteiger partial charge in [0.15, 0.2) is 0 Å². The lowest BCUT2D eigenvalue weighted by Crippen LogP contribution is -2.37. The number of carbonyl (C=O) groups excluding carboxylic acids is 1. The SMILES string of the molecule is COc1cccc(C(=O)Nc2cnc(N3CCOCC3)nc2)c1. The van der Waals surface area contributed by atoms with Gasteiger partial charge in [0.05, 0.1) is 38.4 Å². The van der Waals surface area contributed by atoms with Crippen LogP contribution in [-0.2, 0) is 4.74 Å². The first-order valence-electron chi connectivity index (χ1n) is 7.36. The Hall–Kier alpha value is -2.67. The third kappa shape index (κ3) is 3.75. The van der Waals surface area contributed by atoms with Crippen LogP contribution in [0.25, 0.3) is 0 Å². The summed E-state index contributed by atoms with van der Waals surface area (Å²) in [6.07, 6.45) is 3.21. The molecule has 0 bridgehead atoms. The van der Waals surface area contributed by atoms with Crippen molar-refractivity contribution in [1.29, 1.82) is 0 Å². The van der Waals surface area contributed by atoms with E-state index in [1.54, 1.807) is 43.8 Å². The molecule has 0 unspecified atom stereocenters. The minimum Gasteiger partial charge on any atom is -0.497 e. The van der Waals surface area contributed by atoms with Gasteiger partial charge in [-0.2, -0.15) is 0 Å². The van der Waals surface area contributed by atoms with Gasteiger partial charge in [0.25, 0.3) is 5.91 Å². The van der Waals surface area contributed by atoms with E-state index in [4.69, 9.17) is 9.47 Å². The Bertz CT molecular complexity index is 669. The van der Waals surface area contributed by atoms with Gasteiger partial charge in [-0.25, -0.2) is 9.97 Å². The average Bonchev–Trinajstić information content (AvgIpc) is 2.63. The quantitative estimate of drug-likeness (QED) is 0.923. The highest BCUT2D eigenvalue weighted by Gasteiger charge is 2.14. The lowest BCUT2D eigenvalue weighted by molar-refractivity contribution is 0.102. The second-order valence-electron chi connectivity index (χ2n) is 5.06.